The van der Waals surface area contributed by atoms with Gasteiger partial charge in [-0.25, -0.2) is 0 Å². The molecule has 4 N–H and O–H groups in total. The standard InChI is InChI=1S/C15H29N3O3/c1-3-7-15(8-4-2,13(16)18-20)14(19)17-11-12-5-9-21-10-6-12/h12,20H,3-11H2,1-2H3,(H2,16,18)(H,17,19). The van der Waals surface area contributed by atoms with Gasteiger partial charge >= 0.3 is 0 Å². The van der Waals surface area contributed by atoms with Gasteiger partial charge in [-0.05, 0) is 31.6 Å². The molecule has 1 saturated heterocycles. The maximum absolute atomic E-state index is 12.7. The minimum atomic E-state index is -0.885. The maximum Gasteiger partial charge on any atom is 0.233 e. The summed E-state index contributed by atoms with van der Waals surface area (Å²) in [6.07, 6.45) is 4.74. The van der Waals surface area contributed by atoms with E-state index in [2.05, 4.69) is 10.5 Å². The highest BCUT2D eigenvalue weighted by Crippen LogP contribution is 2.31. The van der Waals surface area contributed by atoms with E-state index in [0.717, 1.165) is 38.9 Å². The van der Waals surface area contributed by atoms with E-state index in [9.17, 15) is 4.79 Å². The number of ether oxygens (including phenoxy) is 1. The number of nitrogens with zero attached hydrogens (tertiary/aromatic N) is 1. The second kappa shape index (κ2) is 8.87. The molecular weight excluding hydrogens is 270 g/mol. The van der Waals surface area contributed by atoms with Crippen molar-refractivity contribution in [1.29, 1.82) is 0 Å². The van der Waals surface area contributed by atoms with Crippen molar-refractivity contribution in [2.24, 2.45) is 22.2 Å². The third-order valence-corrected chi connectivity index (χ3v) is 4.28. The normalized spacial score (nSPS) is 17.7. The second-order valence-corrected chi connectivity index (χ2v) is 5.83. The quantitative estimate of drug-likeness (QED) is 0.276. The molecule has 0 unspecified atom stereocenters. The molecule has 0 bridgehead atoms. The number of oxime groups is 1. The van der Waals surface area contributed by atoms with Crippen molar-refractivity contribution in [1.82, 2.24) is 5.32 Å². The van der Waals surface area contributed by atoms with E-state index in [1.54, 1.807) is 0 Å². The van der Waals surface area contributed by atoms with E-state index in [0.29, 0.717) is 25.3 Å². The third-order valence-electron chi connectivity index (χ3n) is 4.28. The summed E-state index contributed by atoms with van der Waals surface area (Å²) in [4.78, 5) is 12.7. The fraction of sp³-hybridized carbons (Fsp3) is 0.867. The monoisotopic (exact) mass is 299 g/mol. The molecule has 0 aromatic heterocycles. The zero-order valence-electron chi connectivity index (χ0n) is 13.2. The molecule has 1 aliphatic rings. The van der Waals surface area contributed by atoms with Crippen molar-refractivity contribution in [3.05, 3.63) is 0 Å². The first-order chi connectivity index (χ1) is 10.1. The Morgan fingerprint density at radius 2 is 1.90 bits per heavy atom. The van der Waals surface area contributed by atoms with Crippen LogP contribution >= 0.6 is 0 Å². The van der Waals surface area contributed by atoms with Crippen molar-refractivity contribution >= 4 is 11.7 Å². The largest absolute Gasteiger partial charge is 0.409 e. The lowest BCUT2D eigenvalue weighted by atomic mass is 9.77. The Morgan fingerprint density at radius 1 is 1.33 bits per heavy atom. The average Bonchev–Trinajstić information content (AvgIpc) is 2.52. The Kier molecular flexibility index (Phi) is 7.50. The predicted octanol–water partition coefficient (Wildman–Crippen LogP) is 1.86. The van der Waals surface area contributed by atoms with Crippen LogP contribution in [0.15, 0.2) is 5.16 Å². The zero-order chi connectivity index (χ0) is 15.7. The van der Waals surface area contributed by atoms with Crippen LogP contribution in [0.5, 0.6) is 0 Å². The first-order valence-electron chi connectivity index (χ1n) is 7.94. The number of nitrogens with two attached hydrogens (primary N) is 1. The molecule has 21 heavy (non-hydrogen) atoms. The second-order valence-electron chi connectivity index (χ2n) is 5.83. The first-order valence-corrected chi connectivity index (χ1v) is 7.94. The van der Waals surface area contributed by atoms with Crippen molar-refractivity contribution in [2.45, 2.75) is 52.4 Å². The number of hydrogen-bond acceptors (Lipinski definition) is 4. The van der Waals surface area contributed by atoms with Gasteiger partial charge in [-0.2, -0.15) is 0 Å². The molecule has 0 spiro atoms. The first kappa shape index (κ1) is 17.8. The Labute approximate surface area is 127 Å². The molecule has 6 nitrogen and oxygen atoms in total. The Balaban J connectivity index is 2.73. The van der Waals surface area contributed by atoms with Crippen LogP contribution in [-0.4, -0.2) is 36.7 Å². The van der Waals surface area contributed by atoms with Crippen molar-refractivity contribution in [3.63, 3.8) is 0 Å². The van der Waals surface area contributed by atoms with Crippen LogP contribution in [-0.2, 0) is 9.53 Å². The van der Waals surface area contributed by atoms with Gasteiger partial charge in [-0.3, -0.25) is 4.79 Å². The molecule has 0 aromatic carbocycles. The summed E-state index contributed by atoms with van der Waals surface area (Å²) in [6, 6.07) is 0. The molecule has 1 fully saturated rings. The van der Waals surface area contributed by atoms with Gasteiger partial charge in [0.05, 0.1) is 0 Å². The summed E-state index contributed by atoms with van der Waals surface area (Å²) < 4.78 is 5.32. The van der Waals surface area contributed by atoms with E-state index in [1.807, 2.05) is 13.8 Å². The van der Waals surface area contributed by atoms with Gasteiger partial charge in [0.25, 0.3) is 0 Å². The Bertz CT molecular complexity index is 346. The third kappa shape index (κ3) is 4.59. The maximum atomic E-state index is 12.7. The van der Waals surface area contributed by atoms with Crippen LogP contribution in [0, 0.1) is 11.3 Å². The number of rotatable bonds is 8. The molecule has 0 aliphatic carbocycles. The summed E-state index contributed by atoms with van der Waals surface area (Å²) in [5.74, 6) is 0.361. The number of carbonyl (C=O) groups is 1. The lowest BCUT2D eigenvalue weighted by molar-refractivity contribution is -0.128. The minimum Gasteiger partial charge on any atom is -0.409 e. The molecule has 122 valence electrons. The van der Waals surface area contributed by atoms with Gasteiger partial charge in [0.15, 0.2) is 5.84 Å². The molecule has 1 heterocycles. The number of amides is 1. The number of carbonyl (C=O) groups excluding carboxylic acids is 1. The van der Waals surface area contributed by atoms with Crippen LogP contribution in [0.1, 0.15) is 52.4 Å². The molecule has 0 radical (unpaired) electrons. The molecule has 1 amide bonds. The highest BCUT2D eigenvalue weighted by molar-refractivity contribution is 6.06. The van der Waals surface area contributed by atoms with E-state index in [1.165, 1.54) is 0 Å². The van der Waals surface area contributed by atoms with E-state index >= 15 is 0 Å². The minimum absolute atomic E-state index is 0.0238. The number of hydrogen-bond donors (Lipinski definition) is 3. The molecular formula is C15H29N3O3. The van der Waals surface area contributed by atoms with Crippen molar-refractivity contribution in [3.8, 4) is 0 Å². The Morgan fingerprint density at radius 3 is 2.38 bits per heavy atom. The zero-order valence-corrected chi connectivity index (χ0v) is 13.2. The summed E-state index contributed by atoms with van der Waals surface area (Å²) in [5, 5.41) is 15.2. The molecule has 0 atom stereocenters. The fourth-order valence-electron chi connectivity index (χ4n) is 3.03. The number of nitrogens with one attached hydrogen (secondary N) is 1. The predicted molar refractivity (Wildman–Crippen MR) is 82.2 cm³/mol. The van der Waals surface area contributed by atoms with E-state index < -0.39 is 5.41 Å². The van der Waals surface area contributed by atoms with Crippen LogP contribution < -0.4 is 11.1 Å². The topological polar surface area (TPSA) is 96.9 Å². The van der Waals surface area contributed by atoms with Gasteiger partial charge in [0, 0.05) is 19.8 Å². The fourth-order valence-corrected chi connectivity index (χ4v) is 3.03. The van der Waals surface area contributed by atoms with Gasteiger partial charge in [0.2, 0.25) is 5.91 Å². The summed E-state index contributed by atoms with van der Waals surface area (Å²) in [6.45, 7) is 6.16. The molecule has 0 saturated carbocycles. The molecule has 1 rings (SSSR count). The summed E-state index contributed by atoms with van der Waals surface area (Å²) in [7, 11) is 0. The van der Waals surface area contributed by atoms with Gasteiger partial charge in [0.1, 0.15) is 5.41 Å². The lowest BCUT2D eigenvalue weighted by Gasteiger charge is -2.32. The molecule has 6 heteroatoms. The van der Waals surface area contributed by atoms with Crippen LogP contribution in [0.3, 0.4) is 0 Å². The highest BCUT2D eigenvalue weighted by atomic mass is 16.5. The smallest absolute Gasteiger partial charge is 0.233 e. The Hall–Kier alpha value is -1.30. The summed E-state index contributed by atoms with van der Waals surface area (Å²) >= 11 is 0. The van der Waals surface area contributed by atoms with E-state index in [-0.39, 0.29) is 11.7 Å². The lowest BCUT2D eigenvalue weighted by Crippen LogP contribution is -2.51. The average molecular weight is 299 g/mol. The highest BCUT2D eigenvalue weighted by Gasteiger charge is 2.41. The van der Waals surface area contributed by atoms with Gasteiger partial charge in [-0.1, -0.05) is 31.8 Å². The molecule has 1 aliphatic heterocycles. The van der Waals surface area contributed by atoms with Crippen LogP contribution in [0.4, 0.5) is 0 Å². The van der Waals surface area contributed by atoms with Gasteiger partial charge in [-0.15, -0.1) is 0 Å². The van der Waals surface area contributed by atoms with Crippen LogP contribution in [0.2, 0.25) is 0 Å². The van der Waals surface area contributed by atoms with Gasteiger partial charge < -0.3 is 21.0 Å². The summed E-state index contributed by atoms with van der Waals surface area (Å²) in [5.41, 5.74) is 4.97. The molecule has 0 aromatic rings. The van der Waals surface area contributed by atoms with Crippen molar-refractivity contribution in [2.75, 3.05) is 19.8 Å². The van der Waals surface area contributed by atoms with Crippen molar-refractivity contribution < 1.29 is 14.7 Å². The number of amidine groups is 1. The SMILES string of the molecule is CCCC(CCC)(C(=O)NCC1CCOCC1)C(N)=NO. The van der Waals surface area contributed by atoms with E-state index in [4.69, 9.17) is 15.7 Å². The van der Waals surface area contributed by atoms with Crippen LogP contribution in [0.25, 0.3) is 0 Å².